The van der Waals surface area contributed by atoms with E-state index in [-0.39, 0.29) is 0 Å². The van der Waals surface area contributed by atoms with Crippen molar-refractivity contribution < 1.29 is 25.2 Å². The Bertz CT molecular complexity index is 138. The van der Waals surface area contributed by atoms with Crippen molar-refractivity contribution in [2.75, 3.05) is 0 Å². The van der Waals surface area contributed by atoms with Crippen LogP contribution < -0.4 is 0 Å². The molecule has 5 heteroatoms. The minimum Gasteiger partial charge on any atom is -0.387 e. The van der Waals surface area contributed by atoms with E-state index in [4.69, 9.17) is 25.2 Å². The number of ether oxygens (including phenoxy) is 1. The molecule has 0 aromatic rings. The SMILES string of the molecule is O[C@@H]1[C@H](O)[C@@H]2O[C@H]1[C@@H](O)[C@H]2O. The summed E-state index contributed by atoms with van der Waals surface area (Å²) in [6.07, 6.45) is -5.94. The molecule has 0 radical (unpaired) electrons. The minimum atomic E-state index is -1.07. The summed E-state index contributed by atoms with van der Waals surface area (Å²) in [7, 11) is 0. The third-order valence-corrected chi connectivity index (χ3v) is 2.36. The van der Waals surface area contributed by atoms with Crippen LogP contribution >= 0.6 is 0 Å². The molecular formula is C6H10O5. The van der Waals surface area contributed by atoms with E-state index < -0.39 is 36.6 Å². The van der Waals surface area contributed by atoms with E-state index in [1.165, 1.54) is 0 Å². The lowest BCUT2D eigenvalue weighted by molar-refractivity contribution is -0.0819. The van der Waals surface area contributed by atoms with E-state index in [0.29, 0.717) is 0 Å². The summed E-state index contributed by atoms with van der Waals surface area (Å²) in [4.78, 5) is 0. The van der Waals surface area contributed by atoms with E-state index in [1.807, 2.05) is 0 Å². The van der Waals surface area contributed by atoms with Gasteiger partial charge in [-0.1, -0.05) is 0 Å². The fourth-order valence-electron chi connectivity index (χ4n) is 1.68. The second-order valence-electron chi connectivity index (χ2n) is 3.03. The topological polar surface area (TPSA) is 90.2 Å². The van der Waals surface area contributed by atoms with Gasteiger partial charge in [-0.05, 0) is 0 Å². The number of aliphatic hydroxyl groups is 4. The first kappa shape index (κ1) is 7.45. The number of aliphatic hydroxyl groups excluding tert-OH is 4. The summed E-state index contributed by atoms with van der Waals surface area (Å²) in [5.74, 6) is 0. The molecule has 11 heavy (non-hydrogen) atoms. The maximum absolute atomic E-state index is 9.13. The molecule has 0 aromatic carbocycles. The van der Waals surface area contributed by atoms with Crippen molar-refractivity contribution >= 4 is 0 Å². The number of hydrogen-bond donors (Lipinski definition) is 4. The average Bonchev–Trinajstić information content (AvgIpc) is 2.40. The van der Waals surface area contributed by atoms with E-state index in [2.05, 4.69) is 0 Å². The zero-order valence-corrected chi connectivity index (χ0v) is 5.66. The lowest BCUT2D eigenvalue weighted by atomic mass is 9.90. The van der Waals surface area contributed by atoms with Crippen molar-refractivity contribution in [2.24, 2.45) is 0 Å². The van der Waals surface area contributed by atoms with Crippen LogP contribution in [0.15, 0.2) is 0 Å². The zero-order chi connectivity index (χ0) is 8.17. The second kappa shape index (κ2) is 2.15. The van der Waals surface area contributed by atoms with Crippen molar-refractivity contribution in [3.63, 3.8) is 0 Å². The first-order valence-electron chi connectivity index (χ1n) is 3.50. The smallest absolute Gasteiger partial charge is 0.115 e. The molecule has 6 atom stereocenters. The normalized spacial score (nSPS) is 62.2. The predicted molar refractivity (Wildman–Crippen MR) is 32.7 cm³/mol. The van der Waals surface area contributed by atoms with Crippen LogP contribution in [0.2, 0.25) is 0 Å². The molecule has 0 spiro atoms. The standard InChI is InChI=1S/C6H10O5/c7-1-2(8)6-4(10)3(9)5(1)11-6/h1-10H/t1-,2+,3+,4-,5-,6+. The fraction of sp³-hybridized carbons (Fsp3) is 1.00. The van der Waals surface area contributed by atoms with Crippen molar-refractivity contribution in [3.8, 4) is 0 Å². The molecule has 0 saturated carbocycles. The maximum atomic E-state index is 9.13. The van der Waals surface area contributed by atoms with Crippen LogP contribution in [-0.2, 0) is 4.74 Å². The Morgan fingerprint density at radius 3 is 1.09 bits per heavy atom. The van der Waals surface area contributed by atoms with Crippen molar-refractivity contribution in [3.05, 3.63) is 0 Å². The van der Waals surface area contributed by atoms with E-state index >= 15 is 0 Å². The molecule has 2 aliphatic rings. The largest absolute Gasteiger partial charge is 0.387 e. The molecule has 2 bridgehead atoms. The van der Waals surface area contributed by atoms with Crippen LogP contribution in [0.1, 0.15) is 0 Å². The number of fused-ring (bicyclic) bond motifs is 2. The molecule has 0 amide bonds. The molecule has 2 saturated heterocycles. The van der Waals surface area contributed by atoms with Gasteiger partial charge in [0, 0.05) is 0 Å². The van der Waals surface area contributed by atoms with E-state index in [1.54, 1.807) is 0 Å². The van der Waals surface area contributed by atoms with Gasteiger partial charge >= 0.3 is 0 Å². The molecule has 4 N–H and O–H groups in total. The van der Waals surface area contributed by atoms with Gasteiger partial charge in [-0.15, -0.1) is 0 Å². The molecule has 0 aliphatic carbocycles. The third kappa shape index (κ3) is 0.771. The summed E-state index contributed by atoms with van der Waals surface area (Å²) in [6, 6.07) is 0. The van der Waals surface area contributed by atoms with Gasteiger partial charge in [0.25, 0.3) is 0 Å². The molecule has 2 fully saturated rings. The average molecular weight is 162 g/mol. The van der Waals surface area contributed by atoms with Crippen LogP contribution in [0.25, 0.3) is 0 Å². The van der Waals surface area contributed by atoms with Crippen LogP contribution in [0.5, 0.6) is 0 Å². The third-order valence-electron chi connectivity index (χ3n) is 2.36. The lowest BCUT2D eigenvalue weighted by Gasteiger charge is -2.26. The highest BCUT2D eigenvalue weighted by Gasteiger charge is 2.58. The summed E-state index contributed by atoms with van der Waals surface area (Å²) in [5, 5.41) is 36.5. The van der Waals surface area contributed by atoms with Crippen molar-refractivity contribution in [2.45, 2.75) is 36.6 Å². The van der Waals surface area contributed by atoms with Gasteiger partial charge in [0.2, 0.25) is 0 Å². The summed E-state index contributed by atoms with van der Waals surface area (Å²) in [5.41, 5.74) is 0. The zero-order valence-electron chi connectivity index (χ0n) is 5.66. The second-order valence-corrected chi connectivity index (χ2v) is 3.03. The van der Waals surface area contributed by atoms with Crippen LogP contribution in [0.3, 0.4) is 0 Å². The first-order chi connectivity index (χ1) is 5.13. The van der Waals surface area contributed by atoms with Gasteiger partial charge in [0.05, 0.1) is 0 Å². The summed E-state index contributed by atoms with van der Waals surface area (Å²) >= 11 is 0. The quantitative estimate of drug-likeness (QED) is 0.309. The highest BCUT2D eigenvalue weighted by atomic mass is 16.6. The Morgan fingerprint density at radius 1 is 0.636 bits per heavy atom. The lowest BCUT2D eigenvalue weighted by Crippen LogP contribution is -2.52. The van der Waals surface area contributed by atoms with Gasteiger partial charge in [-0.3, -0.25) is 0 Å². The Kier molecular flexibility index (Phi) is 1.45. The van der Waals surface area contributed by atoms with Gasteiger partial charge in [-0.2, -0.15) is 0 Å². The van der Waals surface area contributed by atoms with Gasteiger partial charge in [0.1, 0.15) is 36.6 Å². The van der Waals surface area contributed by atoms with Gasteiger partial charge in [-0.25, -0.2) is 0 Å². The Balaban J connectivity index is 2.21. The molecular weight excluding hydrogens is 152 g/mol. The van der Waals surface area contributed by atoms with E-state index in [9.17, 15) is 0 Å². The Hall–Kier alpha value is -0.200. The van der Waals surface area contributed by atoms with Crippen molar-refractivity contribution in [1.82, 2.24) is 0 Å². The Labute approximate surface area is 62.8 Å². The summed E-state index contributed by atoms with van der Waals surface area (Å²) < 4.78 is 4.92. The molecule has 5 nitrogen and oxygen atoms in total. The van der Waals surface area contributed by atoms with Crippen molar-refractivity contribution in [1.29, 1.82) is 0 Å². The van der Waals surface area contributed by atoms with E-state index in [0.717, 1.165) is 0 Å². The number of hydrogen-bond acceptors (Lipinski definition) is 5. The maximum Gasteiger partial charge on any atom is 0.115 e. The van der Waals surface area contributed by atoms with Crippen LogP contribution in [-0.4, -0.2) is 57.0 Å². The minimum absolute atomic E-state index is 0.829. The summed E-state index contributed by atoms with van der Waals surface area (Å²) in [6.45, 7) is 0. The highest BCUT2D eigenvalue weighted by Crippen LogP contribution is 2.35. The van der Waals surface area contributed by atoms with Crippen LogP contribution in [0, 0.1) is 0 Å². The Morgan fingerprint density at radius 2 is 0.909 bits per heavy atom. The predicted octanol–water partition coefficient (Wildman–Crippen LogP) is -2.79. The molecule has 2 heterocycles. The highest BCUT2D eigenvalue weighted by molar-refractivity contribution is 5.07. The molecule has 2 rings (SSSR count). The first-order valence-corrected chi connectivity index (χ1v) is 3.50. The van der Waals surface area contributed by atoms with Crippen LogP contribution in [0.4, 0.5) is 0 Å². The molecule has 64 valence electrons. The van der Waals surface area contributed by atoms with Gasteiger partial charge in [0.15, 0.2) is 0 Å². The fourth-order valence-corrected chi connectivity index (χ4v) is 1.68. The van der Waals surface area contributed by atoms with Gasteiger partial charge < -0.3 is 25.2 Å². The molecule has 0 unspecified atom stereocenters. The number of rotatable bonds is 0. The monoisotopic (exact) mass is 162 g/mol. The molecule has 2 aliphatic heterocycles. The molecule has 0 aromatic heterocycles.